The van der Waals surface area contributed by atoms with Gasteiger partial charge < -0.3 is 9.15 Å². The van der Waals surface area contributed by atoms with Crippen LogP contribution in [0.25, 0.3) is 22.1 Å². The lowest BCUT2D eigenvalue weighted by Gasteiger charge is -2.21. The fourth-order valence-corrected chi connectivity index (χ4v) is 3.48. The van der Waals surface area contributed by atoms with Crippen molar-refractivity contribution in [1.82, 2.24) is 9.55 Å². The number of carbonyl (C=O) groups excluding carboxylic acids is 1. The molecular formula is C19H20N2O4. The second-order valence-electron chi connectivity index (χ2n) is 6.64. The number of ether oxygens (including phenoxy) is 1. The minimum absolute atomic E-state index is 0.147. The SMILES string of the molecule is O=C(Cn1cnc2c(oc3ccccc32)c1=O)OCC1CCCCC1. The summed E-state index contributed by atoms with van der Waals surface area (Å²) in [4.78, 5) is 28.9. The molecule has 4 rings (SSSR count). The summed E-state index contributed by atoms with van der Waals surface area (Å²) in [5.41, 5.74) is 0.937. The highest BCUT2D eigenvalue weighted by Gasteiger charge is 2.17. The molecule has 0 amide bonds. The summed E-state index contributed by atoms with van der Waals surface area (Å²) in [6.07, 6.45) is 7.28. The minimum atomic E-state index is -0.412. The summed E-state index contributed by atoms with van der Waals surface area (Å²) in [6.45, 7) is 0.291. The number of rotatable bonds is 4. The van der Waals surface area contributed by atoms with Crippen LogP contribution in [-0.4, -0.2) is 22.1 Å². The van der Waals surface area contributed by atoms with E-state index >= 15 is 0 Å². The molecule has 2 heterocycles. The molecule has 25 heavy (non-hydrogen) atoms. The van der Waals surface area contributed by atoms with Crippen LogP contribution >= 0.6 is 0 Å². The Kier molecular flexibility index (Phi) is 4.26. The molecular weight excluding hydrogens is 320 g/mol. The van der Waals surface area contributed by atoms with E-state index in [-0.39, 0.29) is 17.7 Å². The molecule has 0 radical (unpaired) electrons. The van der Waals surface area contributed by atoms with Crippen LogP contribution in [0.5, 0.6) is 0 Å². The first-order valence-electron chi connectivity index (χ1n) is 8.74. The molecule has 0 aliphatic heterocycles. The van der Waals surface area contributed by atoms with Crippen LogP contribution in [0.1, 0.15) is 32.1 Å². The van der Waals surface area contributed by atoms with Crippen molar-refractivity contribution >= 4 is 28.0 Å². The molecule has 6 heteroatoms. The maximum atomic E-state index is 12.6. The Labute approximate surface area is 144 Å². The lowest BCUT2D eigenvalue weighted by Crippen LogP contribution is -2.26. The number of benzene rings is 1. The van der Waals surface area contributed by atoms with Gasteiger partial charge in [0.25, 0.3) is 5.56 Å². The van der Waals surface area contributed by atoms with Crippen LogP contribution in [-0.2, 0) is 16.1 Å². The van der Waals surface area contributed by atoms with E-state index in [1.165, 1.54) is 30.2 Å². The van der Waals surface area contributed by atoms with Gasteiger partial charge in [-0.25, -0.2) is 4.98 Å². The number of nitrogens with zero attached hydrogens (tertiary/aromatic N) is 2. The Morgan fingerprint density at radius 2 is 2.04 bits per heavy atom. The quantitative estimate of drug-likeness (QED) is 0.682. The largest absolute Gasteiger partial charge is 0.464 e. The minimum Gasteiger partial charge on any atom is -0.464 e. The predicted octanol–water partition coefficient (Wildman–Crippen LogP) is 3.27. The van der Waals surface area contributed by atoms with Crippen LogP contribution in [0.4, 0.5) is 0 Å². The monoisotopic (exact) mass is 340 g/mol. The molecule has 1 aliphatic carbocycles. The van der Waals surface area contributed by atoms with Crippen molar-refractivity contribution in [2.45, 2.75) is 38.6 Å². The average molecular weight is 340 g/mol. The maximum absolute atomic E-state index is 12.6. The van der Waals surface area contributed by atoms with E-state index in [1.54, 1.807) is 6.07 Å². The summed E-state index contributed by atoms with van der Waals surface area (Å²) in [5, 5.41) is 0.793. The molecule has 0 spiro atoms. The van der Waals surface area contributed by atoms with Crippen molar-refractivity contribution < 1.29 is 13.9 Å². The van der Waals surface area contributed by atoms with Crippen LogP contribution in [0.2, 0.25) is 0 Å². The molecule has 3 aromatic rings. The number of aromatic nitrogens is 2. The first-order valence-corrected chi connectivity index (χ1v) is 8.74. The van der Waals surface area contributed by atoms with Gasteiger partial charge in [-0.3, -0.25) is 14.2 Å². The topological polar surface area (TPSA) is 74.3 Å². The zero-order chi connectivity index (χ0) is 17.2. The third kappa shape index (κ3) is 3.16. The Morgan fingerprint density at radius 3 is 2.88 bits per heavy atom. The van der Waals surface area contributed by atoms with E-state index in [2.05, 4.69) is 4.98 Å². The Hall–Kier alpha value is -2.63. The standard InChI is InChI=1S/C19H20N2O4/c22-16(24-11-13-6-2-1-3-7-13)10-21-12-20-17-14-8-4-5-9-15(14)25-18(17)19(21)23/h4-5,8-9,12-13H,1-3,6-7,10-11H2. The molecule has 130 valence electrons. The van der Waals surface area contributed by atoms with Gasteiger partial charge in [-0.1, -0.05) is 31.4 Å². The van der Waals surface area contributed by atoms with Crippen LogP contribution in [0.15, 0.2) is 39.8 Å². The van der Waals surface area contributed by atoms with Gasteiger partial charge in [0, 0.05) is 5.39 Å². The second kappa shape index (κ2) is 6.70. The first-order chi connectivity index (χ1) is 12.2. The number of hydrogen-bond donors (Lipinski definition) is 0. The van der Waals surface area contributed by atoms with Gasteiger partial charge in [0.2, 0.25) is 5.58 Å². The molecule has 6 nitrogen and oxygen atoms in total. The van der Waals surface area contributed by atoms with Crippen LogP contribution < -0.4 is 5.56 Å². The molecule has 0 unspecified atom stereocenters. The van der Waals surface area contributed by atoms with Crippen molar-refractivity contribution in [2.75, 3.05) is 6.61 Å². The number of para-hydroxylation sites is 1. The summed E-state index contributed by atoms with van der Waals surface area (Å²) >= 11 is 0. The average Bonchev–Trinajstić information content (AvgIpc) is 3.03. The van der Waals surface area contributed by atoms with Gasteiger partial charge in [0.15, 0.2) is 0 Å². The van der Waals surface area contributed by atoms with Crippen LogP contribution in [0, 0.1) is 5.92 Å². The Morgan fingerprint density at radius 1 is 1.24 bits per heavy atom. The van der Waals surface area contributed by atoms with E-state index in [4.69, 9.17) is 9.15 Å². The predicted molar refractivity (Wildman–Crippen MR) is 93.3 cm³/mol. The maximum Gasteiger partial charge on any atom is 0.326 e. The fraction of sp³-hybridized carbons (Fsp3) is 0.421. The summed E-state index contributed by atoms with van der Waals surface area (Å²) < 4.78 is 12.2. The normalized spacial score (nSPS) is 15.7. The fourth-order valence-electron chi connectivity index (χ4n) is 3.48. The molecule has 0 bridgehead atoms. The lowest BCUT2D eigenvalue weighted by molar-refractivity contribution is -0.146. The number of esters is 1. The lowest BCUT2D eigenvalue weighted by atomic mass is 9.90. The second-order valence-corrected chi connectivity index (χ2v) is 6.64. The van der Waals surface area contributed by atoms with E-state index < -0.39 is 5.97 Å². The summed E-state index contributed by atoms with van der Waals surface area (Å²) in [5.74, 6) is 0.0373. The van der Waals surface area contributed by atoms with Crippen molar-refractivity contribution in [2.24, 2.45) is 5.92 Å². The summed E-state index contributed by atoms with van der Waals surface area (Å²) in [6, 6.07) is 7.36. The van der Waals surface area contributed by atoms with Gasteiger partial charge in [-0.05, 0) is 30.9 Å². The van der Waals surface area contributed by atoms with Gasteiger partial charge in [0.05, 0.1) is 12.9 Å². The zero-order valence-electron chi connectivity index (χ0n) is 13.9. The summed E-state index contributed by atoms with van der Waals surface area (Å²) in [7, 11) is 0. The van der Waals surface area contributed by atoms with Crippen molar-refractivity contribution in [3.8, 4) is 0 Å². The Balaban J connectivity index is 1.51. The molecule has 1 saturated carbocycles. The molecule has 0 saturated heterocycles. The van der Waals surface area contributed by atoms with E-state index in [9.17, 15) is 9.59 Å². The smallest absolute Gasteiger partial charge is 0.326 e. The highest BCUT2D eigenvalue weighted by atomic mass is 16.5. The third-order valence-electron chi connectivity index (χ3n) is 4.85. The van der Waals surface area contributed by atoms with E-state index in [1.807, 2.05) is 18.2 Å². The first kappa shape index (κ1) is 15.9. The Bertz CT molecular complexity index is 966. The number of furan rings is 1. The van der Waals surface area contributed by atoms with Crippen molar-refractivity contribution in [3.63, 3.8) is 0 Å². The third-order valence-corrected chi connectivity index (χ3v) is 4.85. The highest BCUT2D eigenvalue weighted by molar-refractivity contribution is 6.01. The molecule has 1 aliphatic rings. The van der Waals surface area contributed by atoms with Crippen molar-refractivity contribution in [3.05, 3.63) is 40.9 Å². The van der Waals surface area contributed by atoms with Gasteiger partial charge in [-0.15, -0.1) is 0 Å². The molecule has 1 fully saturated rings. The molecule has 1 aromatic carbocycles. The van der Waals surface area contributed by atoms with Crippen molar-refractivity contribution in [1.29, 1.82) is 0 Å². The van der Waals surface area contributed by atoms with Gasteiger partial charge in [0.1, 0.15) is 17.6 Å². The van der Waals surface area contributed by atoms with E-state index in [0.29, 0.717) is 23.6 Å². The molecule has 2 aromatic heterocycles. The number of carbonyl (C=O) groups is 1. The number of hydrogen-bond acceptors (Lipinski definition) is 5. The van der Waals surface area contributed by atoms with Crippen LogP contribution in [0.3, 0.4) is 0 Å². The molecule has 0 N–H and O–H groups in total. The van der Waals surface area contributed by atoms with Gasteiger partial charge in [-0.2, -0.15) is 0 Å². The van der Waals surface area contributed by atoms with E-state index in [0.717, 1.165) is 18.2 Å². The number of fused-ring (bicyclic) bond motifs is 3. The highest BCUT2D eigenvalue weighted by Crippen LogP contribution is 2.25. The zero-order valence-corrected chi connectivity index (χ0v) is 13.9. The van der Waals surface area contributed by atoms with Gasteiger partial charge >= 0.3 is 5.97 Å². The molecule has 0 atom stereocenters.